The van der Waals surface area contributed by atoms with E-state index >= 15 is 0 Å². The molecule has 17 heavy (non-hydrogen) atoms. The zero-order valence-corrected chi connectivity index (χ0v) is 11.2. The first-order valence-corrected chi connectivity index (χ1v) is 6.62. The fourth-order valence-corrected chi connectivity index (χ4v) is 2.51. The van der Waals surface area contributed by atoms with Gasteiger partial charge in [-0.3, -0.25) is 0 Å². The molecule has 1 aromatic carbocycles. The van der Waals surface area contributed by atoms with E-state index in [1.807, 2.05) is 0 Å². The van der Waals surface area contributed by atoms with Gasteiger partial charge in [0, 0.05) is 25.3 Å². The van der Waals surface area contributed by atoms with Crippen molar-refractivity contribution in [1.82, 2.24) is 0 Å². The van der Waals surface area contributed by atoms with Gasteiger partial charge in [-0.2, -0.15) is 0 Å². The highest BCUT2D eigenvalue weighted by Gasteiger charge is 2.33. The molecule has 0 heterocycles. The molecule has 0 aromatic heterocycles. The Kier molecular flexibility index (Phi) is 3.72. The number of benzene rings is 1. The molecule has 0 saturated heterocycles. The van der Waals surface area contributed by atoms with Gasteiger partial charge in [0.2, 0.25) is 0 Å². The summed E-state index contributed by atoms with van der Waals surface area (Å²) in [6.45, 7) is 5.59. The highest BCUT2D eigenvalue weighted by molar-refractivity contribution is 5.53. The van der Waals surface area contributed by atoms with Crippen molar-refractivity contribution in [3.63, 3.8) is 0 Å². The molecule has 2 heteroatoms. The third-order valence-corrected chi connectivity index (χ3v) is 3.73. The minimum atomic E-state index is 0.226. The maximum absolute atomic E-state index is 5.91. The van der Waals surface area contributed by atoms with E-state index in [1.54, 1.807) is 0 Å². The largest absolute Gasteiger partial charge is 0.374 e. The maximum Gasteiger partial charge on any atom is 0.0396 e. The molecule has 3 unspecified atom stereocenters. The molecule has 1 aliphatic carbocycles. The highest BCUT2D eigenvalue weighted by atomic mass is 15.1. The zero-order chi connectivity index (χ0) is 12.4. The minimum absolute atomic E-state index is 0.226. The van der Waals surface area contributed by atoms with Crippen molar-refractivity contribution in [2.75, 3.05) is 18.5 Å². The smallest absolute Gasteiger partial charge is 0.0396 e. The Bertz CT molecular complexity index is 373. The summed E-state index contributed by atoms with van der Waals surface area (Å²) in [5.41, 5.74) is 8.63. The van der Waals surface area contributed by atoms with Crippen LogP contribution >= 0.6 is 0 Å². The average molecular weight is 232 g/mol. The predicted molar refractivity (Wildman–Crippen MR) is 74.3 cm³/mol. The molecule has 1 aromatic rings. The molecular formula is C15H24N2. The molecule has 1 saturated carbocycles. The monoisotopic (exact) mass is 232 g/mol. The first-order chi connectivity index (χ1) is 8.08. The third kappa shape index (κ3) is 3.22. The first kappa shape index (κ1) is 12.4. The summed E-state index contributed by atoms with van der Waals surface area (Å²) >= 11 is 0. The lowest BCUT2D eigenvalue weighted by Gasteiger charge is -2.23. The molecule has 2 N–H and O–H groups in total. The number of nitrogens with two attached hydrogens (primary N) is 1. The van der Waals surface area contributed by atoms with Crippen LogP contribution in [0.3, 0.4) is 0 Å². The lowest BCUT2D eigenvalue weighted by Crippen LogP contribution is -2.24. The zero-order valence-electron chi connectivity index (χ0n) is 11.2. The number of anilines is 1. The molecule has 0 spiro atoms. The topological polar surface area (TPSA) is 29.3 Å². The van der Waals surface area contributed by atoms with E-state index < -0.39 is 0 Å². The Balaban J connectivity index is 2.07. The minimum Gasteiger partial charge on any atom is -0.374 e. The number of para-hydroxylation sites is 1. The third-order valence-electron chi connectivity index (χ3n) is 3.73. The van der Waals surface area contributed by atoms with E-state index in [-0.39, 0.29) is 6.04 Å². The lowest BCUT2D eigenvalue weighted by atomic mass is 10.0. The highest BCUT2D eigenvalue weighted by Crippen LogP contribution is 2.39. The van der Waals surface area contributed by atoms with Crippen molar-refractivity contribution in [2.24, 2.45) is 17.6 Å². The van der Waals surface area contributed by atoms with Crippen molar-refractivity contribution in [3.8, 4) is 0 Å². The second-order valence-electron chi connectivity index (χ2n) is 5.66. The van der Waals surface area contributed by atoms with E-state index in [0.29, 0.717) is 0 Å². The van der Waals surface area contributed by atoms with E-state index in [2.05, 4.69) is 50.1 Å². The Hall–Kier alpha value is -1.02. The van der Waals surface area contributed by atoms with Crippen molar-refractivity contribution in [3.05, 3.63) is 29.8 Å². The van der Waals surface area contributed by atoms with Crippen molar-refractivity contribution >= 4 is 5.69 Å². The molecule has 0 amide bonds. The summed E-state index contributed by atoms with van der Waals surface area (Å²) in [5, 5.41) is 0. The van der Waals surface area contributed by atoms with Crippen LogP contribution in [-0.2, 0) is 6.42 Å². The predicted octanol–water partition coefficient (Wildman–Crippen LogP) is 2.67. The van der Waals surface area contributed by atoms with Gasteiger partial charge in [0.15, 0.2) is 0 Å². The van der Waals surface area contributed by atoms with Gasteiger partial charge in [-0.15, -0.1) is 0 Å². The van der Waals surface area contributed by atoms with Gasteiger partial charge >= 0.3 is 0 Å². The second-order valence-corrected chi connectivity index (χ2v) is 5.66. The van der Waals surface area contributed by atoms with Crippen LogP contribution in [0.25, 0.3) is 0 Å². The van der Waals surface area contributed by atoms with Crippen molar-refractivity contribution in [2.45, 2.75) is 32.7 Å². The van der Waals surface area contributed by atoms with Gasteiger partial charge < -0.3 is 10.6 Å². The van der Waals surface area contributed by atoms with Gasteiger partial charge in [-0.1, -0.05) is 25.1 Å². The van der Waals surface area contributed by atoms with Crippen LogP contribution in [0.1, 0.15) is 25.8 Å². The number of hydrogen-bond donors (Lipinski definition) is 1. The van der Waals surface area contributed by atoms with Crippen molar-refractivity contribution in [1.29, 1.82) is 0 Å². The molecule has 94 valence electrons. The number of rotatable bonds is 5. The summed E-state index contributed by atoms with van der Waals surface area (Å²) in [6, 6.07) is 8.86. The summed E-state index contributed by atoms with van der Waals surface area (Å²) in [6.07, 6.45) is 2.35. The summed E-state index contributed by atoms with van der Waals surface area (Å²) in [7, 11) is 2.20. The fraction of sp³-hybridized carbons (Fsp3) is 0.600. The van der Waals surface area contributed by atoms with Crippen LogP contribution in [-0.4, -0.2) is 19.6 Å². The molecule has 2 nitrogen and oxygen atoms in total. The average Bonchev–Trinajstić information content (AvgIpc) is 2.94. The van der Waals surface area contributed by atoms with Crippen LogP contribution in [0.5, 0.6) is 0 Å². The molecule has 0 radical (unpaired) electrons. The molecule has 2 rings (SSSR count). The van der Waals surface area contributed by atoms with Gasteiger partial charge in [0.1, 0.15) is 0 Å². The van der Waals surface area contributed by atoms with E-state index in [1.165, 1.54) is 24.2 Å². The molecule has 3 atom stereocenters. The van der Waals surface area contributed by atoms with E-state index in [0.717, 1.165) is 18.3 Å². The Labute approximate surface area is 105 Å². The summed E-state index contributed by atoms with van der Waals surface area (Å²) < 4.78 is 0. The SMILES string of the molecule is CC(N)Cc1ccccc1N(C)CC1CC1C. The van der Waals surface area contributed by atoms with Crippen LogP contribution in [0, 0.1) is 11.8 Å². The number of nitrogens with zero attached hydrogens (tertiary/aromatic N) is 1. The Morgan fingerprint density at radius 2 is 2.06 bits per heavy atom. The molecule has 0 bridgehead atoms. The normalized spacial score (nSPS) is 24.5. The quantitative estimate of drug-likeness (QED) is 0.845. The maximum atomic E-state index is 5.91. The molecule has 0 aliphatic heterocycles. The summed E-state index contributed by atoms with van der Waals surface area (Å²) in [5.74, 6) is 1.81. The van der Waals surface area contributed by atoms with Crippen LogP contribution < -0.4 is 10.6 Å². The molecule has 1 aliphatic rings. The Morgan fingerprint density at radius 1 is 1.41 bits per heavy atom. The summed E-state index contributed by atoms with van der Waals surface area (Å²) in [4.78, 5) is 2.39. The Morgan fingerprint density at radius 3 is 2.65 bits per heavy atom. The lowest BCUT2D eigenvalue weighted by molar-refractivity contribution is 0.709. The molecule has 1 fully saturated rings. The van der Waals surface area contributed by atoms with Gasteiger partial charge in [-0.25, -0.2) is 0 Å². The van der Waals surface area contributed by atoms with E-state index in [4.69, 9.17) is 5.73 Å². The van der Waals surface area contributed by atoms with Crippen LogP contribution in [0.4, 0.5) is 5.69 Å². The van der Waals surface area contributed by atoms with Crippen LogP contribution in [0.15, 0.2) is 24.3 Å². The molecular weight excluding hydrogens is 208 g/mol. The van der Waals surface area contributed by atoms with Gasteiger partial charge in [0.25, 0.3) is 0 Å². The van der Waals surface area contributed by atoms with Gasteiger partial charge in [0.05, 0.1) is 0 Å². The van der Waals surface area contributed by atoms with Crippen molar-refractivity contribution < 1.29 is 0 Å². The first-order valence-electron chi connectivity index (χ1n) is 6.62. The van der Waals surface area contributed by atoms with E-state index in [9.17, 15) is 0 Å². The van der Waals surface area contributed by atoms with Crippen LogP contribution in [0.2, 0.25) is 0 Å². The van der Waals surface area contributed by atoms with Gasteiger partial charge in [-0.05, 0) is 43.2 Å². The standard InChI is InChI=1S/C15H24N2/c1-11-8-14(11)10-17(3)15-7-5-4-6-13(15)9-12(2)16/h4-7,11-12,14H,8-10,16H2,1-3H3. The number of hydrogen-bond acceptors (Lipinski definition) is 2. The second kappa shape index (κ2) is 5.09. The fourth-order valence-electron chi connectivity index (χ4n) is 2.51.